The monoisotopic (exact) mass is 392 g/mol. The lowest BCUT2D eigenvalue weighted by molar-refractivity contribution is 0.394. The van der Waals surface area contributed by atoms with Crippen molar-refractivity contribution in [2.24, 2.45) is 0 Å². The second kappa shape index (κ2) is 8.95. The van der Waals surface area contributed by atoms with Crippen LogP contribution in [0.15, 0.2) is 57.0 Å². The molecular weight excluding hydrogens is 375 g/mol. The molecule has 2 aromatic carbocycles. The summed E-state index contributed by atoms with van der Waals surface area (Å²) in [5.41, 5.74) is 0.723. The Morgan fingerprint density at radius 3 is 2.35 bits per heavy atom. The lowest BCUT2D eigenvalue weighted by Crippen LogP contribution is -1.88. The maximum atomic E-state index is 13.6. The molecule has 0 N–H and O–H groups in total. The van der Waals surface area contributed by atoms with E-state index < -0.39 is 0 Å². The van der Waals surface area contributed by atoms with Crippen molar-refractivity contribution in [3.8, 4) is 23.0 Å². The van der Waals surface area contributed by atoms with Gasteiger partial charge in [0.1, 0.15) is 17.3 Å². The van der Waals surface area contributed by atoms with Crippen LogP contribution in [0.25, 0.3) is 11.5 Å². The maximum absolute atomic E-state index is 13.6. The molecule has 1 heterocycles. The first-order valence-corrected chi connectivity index (χ1v) is 9.74. The molecule has 0 atom stereocenters. The number of aromatic nitrogens is 2. The van der Waals surface area contributed by atoms with Crippen LogP contribution in [0.1, 0.15) is 0 Å². The summed E-state index contributed by atoms with van der Waals surface area (Å²) < 4.78 is 29.8. The minimum absolute atomic E-state index is 0.199. The molecule has 0 aliphatic carbocycles. The fraction of sp³-hybridized carbons (Fsp3) is 0.222. The third-order valence-electron chi connectivity index (χ3n) is 3.41. The van der Waals surface area contributed by atoms with E-state index in [1.165, 1.54) is 29.6 Å². The molecule has 5 nitrogen and oxygen atoms in total. The number of halogens is 1. The Hall–Kier alpha value is -2.19. The second-order valence-corrected chi connectivity index (χ2v) is 7.28. The molecule has 0 amide bonds. The van der Waals surface area contributed by atoms with E-state index >= 15 is 0 Å². The Morgan fingerprint density at radius 1 is 0.962 bits per heavy atom. The van der Waals surface area contributed by atoms with E-state index in [0.29, 0.717) is 27.5 Å². The number of rotatable bonds is 8. The summed E-state index contributed by atoms with van der Waals surface area (Å²) in [4.78, 5) is 0.641. The van der Waals surface area contributed by atoms with Crippen molar-refractivity contribution in [1.82, 2.24) is 10.2 Å². The zero-order valence-electron chi connectivity index (χ0n) is 14.3. The van der Waals surface area contributed by atoms with Gasteiger partial charge in [-0.1, -0.05) is 23.9 Å². The molecule has 1 aromatic heterocycles. The lowest BCUT2D eigenvalue weighted by Gasteiger charge is -2.05. The van der Waals surface area contributed by atoms with Crippen LogP contribution in [0.4, 0.5) is 4.39 Å². The van der Waals surface area contributed by atoms with Gasteiger partial charge < -0.3 is 13.9 Å². The van der Waals surface area contributed by atoms with Gasteiger partial charge in [0.15, 0.2) is 0 Å². The predicted octanol–water partition coefficient (Wildman–Crippen LogP) is 4.78. The molecule has 0 aliphatic rings. The Morgan fingerprint density at radius 2 is 1.65 bits per heavy atom. The molecule has 0 aliphatic heterocycles. The second-order valence-electron chi connectivity index (χ2n) is 5.10. The Bertz CT molecular complexity index is 851. The SMILES string of the molecule is COc1cc(OC)cc(-c2nnc(SCCSc3ccccc3F)o2)c1. The Labute approximate surface area is 159 Å². The van der Waals surface area contributed by atoms with Crippen molar-refractivity contribution >= 4 is 23.5 Å². The van der Waals surface area contributed by atoms with Gasteiger partial charge >= 0.3 is 0 Å². The molecule has 3 rings (SSSR count). The van der Waals surface area contributed by atoms with E-state index in [9.17, 15) is 4.39 Å². The number of methoxy groups -OCH3 is 2. The summed E-state index contributed by atoms with van der Waals surface area (Å²) in [5, 5.41) is 8.59. The molecule has 0 spiro atoms. The van der Waals surface area contributed by atoms with E-state index in [2.05, 4.69) is 10.2 Å². The highest BCUT2D eigenvalue weighted by molar-refractivity contribution is 8.02. The van der Waals surface area contributed by atoms with Crippen molar-refractivity contribution in [3.63, 3.8) is 0 Å². The highest BCUT2D eigenvalue weighted by Gasteiger charge is 2.12. The molecule has 3 aromatic rings. The minimum Gasteiger partial charge on any atom is -0.497 e. The van der Waals surface area contributed by atoms with Gasteiger partial charge in [0.05, 0.1) is 14.2 Å². The normalized spacial score (nSPS) is 10.7. The van der Waals surface area contributed by atoms with Gasteiger partial charge in [0, 0.05) is 28.0 Å². The number of hydrogen-bond acceptors (Lipinski definition) is 7. The first kappa shape index (κ1) is 18.6. The van der Waals surface area contributed by atoms with Crippen molar-refractivity contribution in [2.45, 2.75) is 10.1 Å². The van der Waals surface area contributed by atoms with Gasteiger partial charge in [-0.3, -0.25) is 0 Å². The largest absolute Gasteiger partial charge is 0.497 e. The number of thioether (sulfide) groups is 2. The van der Waals surface area contributed by atoms with Gasteiger partial charge in [0.2, 0.25) is 5.89 Å². The molecule has 136 valence electrons. The summed E-state index contributed by atoms with van der Waals surface area (Å²) in [6, 6.07) is 12.1. The zero-order valence-corrected chi connectivity index (χ0v) is 15.9. The van der Waals surface area contributed by atoms with E-state index in [-0.39, 0.29) is 5.82 Å². The number of nitrogens with zero attached hydrogens (tertiary/aromatic N) is 2. The third-order valence-corrected chi connectivity index (χ3v) is 5.54. The molecule has 8 heteroatoms. The summed E-state index contributed by atoms with van der Waals surface area (Å²) in [6.45, 7) is 0. The summed E-state index contributed by atoms with van der Waals surface area (Å²) >= 11 is 2.90. The van der Waals surface area contributed by atoms with Gasteiger partial charge in [-0.25, -0.2) is 4.39 Å². The summed E-state index contributed by atoms with van der Waals surface area (Å²) in [7, 11) is 3.17. The Balaban J connectivity index is 1.59. The highest BCUT2D eigenvalue weighted by atomic mass is 32.2. The lowest BCUT2D eigenvalue weighted by atomic mass is 10.2. The topological polar surface area (TPSA) is 57.4 Å². The molecular formula is C18H17FN2O3S2. The van der Waals surface area contributed by atoms with Crippen molar-refractivity contribution in [2.75, 3.05) is 25.7 Å². The molecule has 0 bridgehead atoms. The number of ether oxygens (including phenoxy) is 2. The average molecular weight is 392 g/mol. The quantitative estimate of drug-likeness (QED) is 0.404. The van der Waals surface area contributed by atoms with E-state index in [1.54, 1.807) is 44.6 Å². The van der Waals surface area contributed by atoms with E-state index in [0.717, 1.165) is 17.1 Å². The van der Waals surface area contributed by atoms with E-state index in [4.69, 9.17) is 13.9 Å². The molecule has 0 radical (unpaired) electrons. The zero-order chi connectivity index (χ0) is 18.4. The fourth-order valence-electron chi connectivity index (χ4n) is 2.16. The first-order chi connectivity index (χ1) is 12.7. The van der Waals surface area contributed by atoms with E-state index in [1.807, 2.05) is 6.07 Å². The molecule has 26 heavy (non-hydrogen) atoms. The minimum atomic E-state index is -0.199. The van der Waals surface area contributed by atoms with Crippen LogP contribution in [0.3, 0.4) is 0 Å². The first-order valence-electron chi connectivity index (χ1n) is 7.76. The smallest absolute Gasteiger partial charge is 0.276 e. The van der Waals surface area contributed by atoms with Gasteiger partial charge in [-0.2, -0.15) is 0 Å². The van der Waals surface area contributed by atoms with Crippen LogP contribution in [0, 0.1) is 5.82 Å². The van der Waals surface area contributed by atoms with Crippen LogP contribution in [0.5, 0.6) is 11.5 Å². The van der Waals surface area contributed by atoms with Crippen LogP contribution >= 0.6 is 23.5 Å². The van der Waals surface area contributed by atoms with Crippen LogP contribution in [-0.2, 0) is 0 Å². The molecule has 0 saturated carbocycles. The van der Waals surface area contributed by atoms with Crippen molar-refractivity contribution in [1.29, 1.82) is 0 Å². The predicted molar refractivity (Wildman–Crippen MR) is 101 cm³/mol. The average Bonchev–Trinajstić information content (AvgIpc) is 3.15. The van der Waals surface area contributed by atoms with Crippen LogP contribution < -0.4 is 9.47 Å². The summed E-state index contributed by atoms with van der Waals surface area (Å²) in [5.74, 6) is 2.94. The fourth-order valence-corrected chi connectivity index (χ4v) is 3.84. The van der Waals surface area contributed by atoms with Crippen LogP contribution in [0.2, 0.25) is 0 Å². The van der Waals surface area contributed by atoms with Crippen LogP contribution in [-0.4, -0.2) is 35.9 Å². The highest BCUT2D eigenvalue weighted by Crippen LogP contribution is 2.31. The summed E-state index contributed by atoms with van der Waals surface area (Å²) in [6.07, 6.45) is 0. The number of benzene rings is 2. The number of hydrogen-bond donors (Lipinski definition) is 0. The Kier molecular flexibility index (Phi) is 6.40. The maximum Gasteiger partial charge on any atom is 0.276 e. The molecule has 0 saturated heterocycles. The van der Waals surface area contributed by atoms with Gasteiger partial charge in [-0.05, 0) is 24.3 Å². The molecule has 0 unspecified atom stereocenters. The van der Waals surface area contributed by atoms with Gasteiger partial charge in [-0.15, -0.1) is 22.0 Å². The third kappa shape index (κ3) is 4.70. The molecule has 0 fully saturated rings. The van der Waals surface area contributed by atoms with Crippen molar-refractivity contribution < 1.29 is 18.3 Å². The standard InChI is InChI=1S/C18H17FN2O3S2/c1-22-13-9-12(10-14(11-13)23-2)17-20-21-18(24-17)26-8-7-25-16-6-4-3-5-15(16)19/h3-6,9-11H,7-8H2,1-2H3. The van der Waals surface area contributed by atoms with Crippen molar-refractivity contribution in [3.05, 3.63) is 48.3 Å². The van der Waals surface area contributed by atoms with Gasteiger partial charge in [0.25, 0.3) is 5.22 Å².